The molecule has 41 heavy (non-hydrogen) atoms. The molecule has 3 aromatic carbocycles. The molecule has 5 rings (SSSR count). The second kappa shape index (κ2) is 13.2. The van der Waals surface area contributed by atoms with Crippen LogP contribution in [-0.4, -0.2) is 39.8 Å². The van der Waals surface area contributed by atoms with Gasteiger partial charge in [-0.25, -0.2) is 10.1 Å². The lowest BCUT2D eigenvalue weighted by Crippen LogP contribution is -2.37. The standard InChI is InChI=1S/C31H29BrN6O3/c32-23-17-15-21(16-18-23)28-22(20-38(37-28)25-11-5-2-6-12-25)19-33-36-31(41)30(40)35-27-14-8-7-13-26(27)29(39)34-24-9-3-1-4-10-24/h2,5-8,11-20,24H,1,3-4,9-10H2,(H,34,39)(H,35,40)(H,36,41)/b33-19+. The van der Waals surface area contributed by atoms with Crippen molar-refractivity contribution in [2.75, 3.05) is 5.32 Å². The van der Waals surface area contributed by atoms with Crippen LogP contribution in [0, 0.1) is 0 Å². The number of carbonyl (C=O) groups excluding carboxylic acids is 3. The normalized spacial score (nSPS) is 13.6. The van der Waals surface area contributed by atoms with Crippen LogP contribution in [0.2, 0.25) is 0 Å². The molecule has 3 N–H and O–H groups in total. The van der Waals surface area contributed by atoms with E-state index in [0.29, 0.717) is 16.8 Å². The van der Waals surface area contributed by atoms with E-state index < -0.39 is 11.8 Å². The molecule has 0 atom stereocenters. The number of nitrogens with zero attached hydrogens (tertiary/aromatic N) is 3. The lowest BCUT2D eigenvalue weighted by atomic mass is 9.95. The summed E-state index contributed by atoms with van der Waals surface area (Å²) >= 11 is 3.45. The van der Waals surface area contributed by atoms with E-state index in [9.17, 15) is 14.4 Å². The first kappa shape index (κ1) is 28.0. The Balaban J connectivity index is 1.27. The van der Waals surface area contributed by atoms with Gasteiger partial charge >= 0.3 is 11.8 Å². The van der Waals surface area contributed by atoms with E-state index in [-0.39, 0.29) is 17.6 Å². The van der Waals surface area contributed by atoms with Crippen molar-refractivity contribution in [3.05, 3.63) is 101 Å². The minimum Gasteiger partial charge on any atom is -0.349 e. The molecule has 1 fully saturated rings. The van der Waals surface area contributed by atoms with Crippen molar-refractivity contribution in [3.63, 3.8) is 0 Å². The van der Waals surface area contributed by atoms with Crippen LogP contribution in [0.25, 0.3) is 16.9 Å². The van der Waals surface area contributed by atoms with E-state index >= 15 is 0 Å². The van der Waals surface area contributed by atoms with Crippen LogP contribution in [0.1, 0.15) is 48.0 Å². The quantitative estimate of drug-likeness (QED) is 0.146. The maximum Gasteiger partial charge on any atom is 0.329 e. The number of hydrogen-bond donors (Lipinski definition) is 3. The zero-order valence-electron chi connectivity index (χ0n) is 22.2. The summed E-state index contributed by atoms with van der Waals surface area (Å²) in [4.78, 5) is 38.2. The average Bonchev–Trinajstić information content (AvgIpc) is 3.43. The molecule has 1 aliphatic carbocycles. The van der Waals surface area contributed by atoms with Gasteiger partial charge in [0, 0.05) is 27.8 Å². The Bertz CT molecular complexity index is 1560. The number of anilines is 1. The largest absolute Gasteiger partial charge is 0.349 e. The monoisotopic (exact) mass is 612 g/mol. The molecule has 0 saturated heterocycles. The summed E-state index contributed by atoms with van der Waals surface area (Å²) in [5.41, 5.74) is 5.85. The number of benzene rings is 3. The fraction of sp³-hybridized carbons (Fsp3) is 0.194. The summed E-state index contributed by atoms with van der Waals surface area (Å²) in [6, 6.07) is 24.0. The maximum absolute atomic E-state index is 12.9. The van der Waals surface area contributed by atoms with E-state index in [1.807, 2.05) is 54.6 Å². The van der Waals surface area contributed by atoms with Gasteiger partial charge in [-0.1, -0.05) is 77.7 Å². The third kappa shape index (κ3) is 7.15. The molecular weight excluding hydrogens is 584 g/mol. The summed E-state index contributed by atoms with van der Waals surface area (Å²) < 4.78 is 2.66. The predicted molar refractivity (Wildman–Crippen MR) is 162 cm³/mol. The summed E-state index contributed by atoms with van der Waals surface area (Å²) in [7, 11) is 0. The van der Waals surface area contributed by atoms with Gasteiger partial charge in [0.15, 0.2) is 0 Å². The van der Waals surface area contributed by atoms with Gasteiger partial charge in [0.2, 0.25) is 0 Å². The number of nitrogens with one attached hydrogen (secondary N) is 3. The molecule has 1 heterocycles. The van der Waals surface area contributed by atoms with Crippen LogP contribution in [0.4, 0.5) is 5.69 Å². The molecule has 208 valence electrons. The highest BCUT2D eigenvalue weighted by atomic mass is 79.9. The molecule has 9 nitrogen and oxygen atoms in total. The van der Waals surface area contributed by atoms with Gasteiger partial charge in [0.1, 0.15) is 5.69 Å². The summed E-state index contributed by atoms with van der Waals surface area (Å²) in [6.07, 6.45) is 8.47. The Kier molecular flexibility index (Phi) is 9.00. The van der Waals surface area contributed by atoms with Crippen LogP contribution in [-0.2, 0) is 9.59 Å². The second-order valence-electron chi connectivity index (χ2n) is 9.73. The minimum atomic E-state index is -0.968. The third-order valence-electron chi connectivity index (χ3n) is 6.82. The minimum absolute atomic E-state index is 0.117. The molecule has 0 unspecified atom stereocenters. The zero-order valence-corrected chi connectivity index (χ0v) is 23.8. The van der Waals surface area contributed by atoms with Crippen molar-refractivity contribution >= 4 is 45.6 Å². The Morgan fingerprint density at radius 2 is 1.59 bits per heavy atom. The highest BCUT2D eigenvalue weighted by Gasteiger charge is 2.21. The Morgan fingerprint density at radius 3 is 2.34 bits per heavy atom. The van der Waals surface area contributed by atoms with Gasteiger partial charge in [-0.05, 0) is 49.2 Å². The van der Waals surface area contributed by atoms with Crippen molar-refractivity contribution in [3.8, 4) is 16.9 Å². The first-order chi connectivity index (χ1) is 20.0. The molecule has 0 spiro atoms. The van der Waals surface area contributed by atoms with Crippen molar-refractivity contribution in [2.45, 2.75) is 38.1 Å². The Hall–Kier alpha value is -4.57. The van der Waals surface area contributed by atoms with Crippen molar-refractivity contribution < 1.29 is 14.4 Å². The van der Waals surface area contributed by atoms with E-state index in [2.05, 4.69) is 37.1 Å². The SMILES string of the molecule is O=C(N/N=C/c1cn(-c2ccccc2)nc1-c1ccc(Br)cc1)C(=O)Nc1ccccc1C(=O)NC1CCCCC1. The van der Waals surface area contributed by atoms with E-state index in [1.54, 1.807) is 35.1 Å². The van der Waals surface area contributed by atoms with Crippen LogP contribution in [0.5, 0.6) is 0 Å². The van der Waals surface area contributed by atoms with Crippen LogP contribution in [0.3, 0.4) is 0 Å². The van der Waals surface area contributed by atoms with Crippen molar-refractivity contribution in [1.29, 1.82) is 0 Å². The summed E-state index contributed by atoms with van der Waals surface area (Å²) in [5.74, 6) is -2.18. The summed E-state index contributed by atoms with van der Waals surface area (Å²) in [6.45, 7) is 0. The Labute approximate surface area is 246 Å². The van der Waals surface area contributed by atoms with Crippen molar-refractivity contribution in [2.24, 2.45) is 5.10 Å². The molecule has 0 bridgehead atoms. The maximum atomic E-state index is 12.9. The lowest BCUT2D eigenvalue weighted by Gasteiger charge is -2.23. The van der Waals surface area contributed by atoms with Gasteiger partial charge in [-0.15, -0.1) is 0 Å². The van der Waals surface area contributed by atoms with Crippen LogP contribution in [0.15, 0.2) is 94.6 Å². The topological polar surface area (TPSA) is 117 Å². The number of hydrazone groups is 1. The Morgan fingerprint density at radius 1 is 0.878 bits per heavy atom. The summed E-state index contributed by atoms with van der Waals surface area (Å²) in [5, 5.41) is 14.3. The smallest absolute Gasteiger partial charge is 0.329 e. The van der Waals surface area contributed by atoms with Crippen LogP contribution < -0.4 is 16.1 Å². The average molecular weight is 614 g/mol. The molecule has 4 aromatic rings. The highest BCUT2D eigenvalue weighted by Crippen LogP contribution is 2.25. The van der Waals surface area contributed by atoms with Crippen molar-refractivity contribution in [1.82, 2.24) is 20.5 Å². The van der Waals surface area contributed by atoms with E-state index in [0.717, 1.165) is 41.4 Å². The van der Waals surface area contributed by atoms with Crippen LogP contribution >= 0.6 is 15.9 Å². The number of hydrogen-bond acceptors (Lipinski definition) is 5. The molecule has 1 aromatic heterocycles. The molecule has 10 heteroatoms. The van der Waals surface area contributed by atoms with Gasteiger partial charge in [0.25, 0.3) is 5.91 Å². The molecule has 3 amide bonds. The predicted octanol–water partition coefficient (Wildman–Crippen LogP) is 5.45. The lowest BCUT2D eigenvalue weighted by molar-refractivity contribution is -0.136. The van der Waals surface area contributed by atoms with Gasteiger partial charge in [-0.2, -0.15) is 10.2 Å². The number of aromatic nitrogens is 2. The third-order valence-corrected chi connectivity index (χ3v) is 7.35. The zero-order chi connectivity index (χ0) is 28.6. The fourth-order valence-corrected chi connectivity index (χ4v) is 4.98. The number of halogens is 1. The first-order valence-electron chi connectivity index (χ1n) is 13.4. The van der Waals surface area contributed by atoms with Gasteiger partial charge in [-0.3, -0.25) is 14.4 Å². The van der Waals surface area contributed by atoms with Gasteiger partial charge in [0.05, 0.1) is 23.2 Å². The molecule has 1 saturated carbocycles. The molecular formula is C31H29BrN6O3. The first-order valence-corrected chi connectivity index (χ1v) is 14.2. The number of carbonyl (C=O) groups is 3. The highest BCUT2D eigenvalue weighted by molar-refractivity contribution is 9.10. The number of para-hydroxylation sites is 2. The molecule has 0 aliphatic heterocycles. The van der Waals surface area contributed by atoms with E-state index in [1.165, 1.54) is 12.6 Å². The number of rotatable bonds is 7. The second-order valence-corrected chi connectivity index (χ2v) is 10.6. The molecule has 0 radical (unpaired) electrons. The number of amides is 3. The molecule has 1 aliphatic rings. The van der Waals surface area contributed by atoms with E-state index in [4.69, 9.17) is 5.10 Å². The van der Waals surface area contributed by atoms with Gasteiger partial charge < -0.3 is 10.6 Å². The fourth-order valence-electron chi connectivity index (χ4n) is 4.72.